The lowest BCUT2D eigenvalue weighted by Crippen LogP contribution is -2.12. The van der Waals surface area contributed by atoms with E-state index in [1.807, 2.05) is 20.8 Å². The molecule has 9 heteroatoms. The largest absolute Gasteiger partial charge is 0.383 e. The van der Waals surface area contributed by atoms with Crippen molar-refractivity contribution in [3.63, 3.8) is 0 Å². The monoisotopic (exact) mass is 415 g/mol. The van der Waals surface area contributed by atoms with E-state index < -0.39 is 0 Å². The standard InChI is InChI=1S/C21H17N7OS/c1-11-7-25-21(30-11)28-20(29)15-6-14(8-23-9-15)4-5-16-18-17(10-24-19(16)22)26-12(2)13(3)27-18/h6-10H,1-3H3,(H2,22,24)(H,25,28,29). The molecular formula is C21H17N7OS. The molecule has 3 N–H and O–H groups in total. The maximum Gasteiger partial charge on any atom is 0.259 e. The molecule has 0 spiro atoms. The number of aryl methyl sites for hydroxylation is 3. The van der Waals surface area contributed by atoms with Crippen LogP contribution in [0.5, 0.6) is 0 Å². The fourth-order valence-corrected chi connectivity index (χ4v) is 3.34. The third-order valence-corrected chi connectivity index (χ3v) is 5.15. The van der Waals surface area contributed by atoms with Gasteiger partial charge in [-0.3, -0.25) is 15.1 Å². The Hall–Kier alpha value is -3.90. The first-order valence-corrected chi connectivity index (χ1v) is 9.82. The number of carbonyl (C=O) groups is 1. The molecule has 30 heavy (non-hydrogen) atoms. The lowest BCUT2D eigenvalue weighted by Gasteiger charge is -2.05. The molecule has 8 nitrogen and oxygen atoms in total. The minimum Gasteiger partial charge on any atom is -0.383 e. The Labute approximate surface area is 176 Å². The SMILES string of the molecule is Cc1cnc(NC(=O)c2cncc(C#Cc3c(N)ncc4nc(C)c(C)nc34)c2)s1. The van der Waals surface area contributed by atoms with E-state index in [0.717, 1.165) is 16.3 Å². The highest BCUT2D eigenvalue weighted by molar-refractivity contribution is 7.15. The highest BCUT2D eigenvalue weighted by Gasteiger charge is 2.11. The molecule has 4 heterocycles. The fraction of sp³-hybridized carbons (Fsp3) is 0.143. The number of fused-ring (bicyclic) bond motifs is 1. The first kappa shape index (κ1) is 19.4. The van der Waals surface area contributed by atoms with Gasteiger partial charge in [-0.15, -0.1) is 11.3 Å². The van der Waals surface area contributed by atoms with Crippen LogP contribution in [0.3, 0.4) is 0 Å². The van der Waals surface area contributed by atoms with E-state index in [2.05, 4.69) is 42.1 Å². The summed E-state index contributed by atoms with van der Waals surface area (Å²) in [6.07, 6.45) is 6.34. The van der Waals surface area contributed by atoms with Gasteiger partial charge in [-0.25, -0.2) is 19.9 Å². The van der Waals surface area contributed by atoms with Gasteiger partial charge in [0.05, 0.1) is 28.7 Å². The van der Waals surface area contributed by atoms with Gasteiger partial charge in [-0.2, -0.15) is 0 Å². The van der Waals surface area contributed by atoms with Gasteiger partial charge in [0, 0.05) is 29.0 Å². The van der Waals surface area contributed by atoms with E-state index in [0.29, 0.717) is 32.9 Å². The first-order valence-electron chi connectivity index (χ1n) is 9.01. The van der Waals surface area contributed by atoms with Gasteiger partial charge in [-0.05, 0) is 26.8 Å². The van der Waals surface area contributed by atoms with Crippen LogP contribution < -0.4 is 11.1 Å². The smallest absolute Gasteiger partial charge is 0.259 e. The summed E-state index contributed by atoms with van der Waals surface area (Å²) in [6, 6.07) is 1.66. The zero-order valence-electron chi connectivity index (χ0n) is 16.5. The van der Waals surface area contributed by atoms with Crippen molar-refractivity contribution in [1.29, 1.82) is 0 Å². The summed E-state index contributed by atoms with van der Waals surface area (Å²) in [5, 5.41) is 3.29. The predicted molar refractivity (Wildman–Crippen MR) is 116 cm³/mol. The molecule has 0 saturated carbocycles. The molecule has 0 aliphatic rings. The highest BCUT2D eigenvalue weighted by Crippen LogP contribution is 2.20. The number of hydrogen-bond acceptors (Lipinski definition) is 8. The van der Waals surface area contributed by atoms with Crippen LogP contribution in [0.15, 0.2) is 30.9 Å². The number of carbonyl (C=O) groups excluding carboxylic acids is 1. The molecule has 1 amide bonds. The molecule has 4 aromatic heterocycles. The van der Waals surface area contributed by atoms with Crippen LogP contribution in [0.4, 0.5) is 10.9 Å². The third-order valence-electron chi connectivity index (χ3n) is 4.33. The number of nitrogens with zero attached hydrogens (tertiary/aromatic N) is 5. The van der Waals surface area contributed by atoms with Gasteiger partial charge in [0.25, 0.3) is 5.91 Å². The molecule has 4 aromatic rings. The fourth-order valence-electron chi connectivity index (χ4n) is 2.68. The topological polar surface area (TPSA) is 120 Å². The van der Waals surface area contributed by atoms with E-state index >= 15 is 0 Å². The molecule has 148 valence electrons. The molecule has 0 unspecified atom stereocenters. The van der Waals surface area contributed by atoms with Crippen LogP contribution in [0.1, 0.15) is 37.7 Å². The second-order valence-corrected chi connectivity index (χ2v) is 7.82. The number of thiazole rings is 1. The van der Waals surface area contributed by atoms with E-state index in [-0.39, 0.29) is 11.7 Å². The second-order valence-electron chi connectivity index (χ2n) is 6.59. The van der Waals surface area contributed by atoms with E-state index in [1.54, 1.807) is 24.7 Å². The van der Waals surface area contributed by atoms with Gasteiger partial charge in [0.2, 0.25) is 0 Å². The van der Waals surface area contributed by atoms with Crippen LogP contribution in [-0.4, -0.2) is 30.8 Å². The Morgan fingerprint density at radius 1 is 1.03 bits per heavy atom. The average Bonchev–Trinajstić information content (AvgIpc) is 3.13. The number of amides is 1. The highest BCUT2D eigenvalue weighted by atomic mass is 32.1. The van der Waals surface area contributed by atoms with Gasteiger partial charge in [0.15, 0.2) is 5.13 Å². The minimum absolute atomic E-state index is 0.272. The Kier molecular flexibility index (Phi) is 5.08. The summed E-state index contributed by atoms with van der Waals surface area (Å²) in [4.78, 5) is 35.0. The van der Waals surface area contributed by atoms with Crippen molar-refractivity contribution in [3.8, 4) is 11.8 Å². The Balaban J connectivity index is 1.67. The van der Waals surface area contributed by atoms with E-state index in [1.165, 1.54) is 17.5 Å². The second kappa shape index (κ2) is 7.85. The average molecular weight is 415 g/mol. The number of hydrogen-bond donors (Lipinski definition) is 2. The molecule has 0 atom stereocenters. The van der Waals surface area contributed by atoms with Crippen LogP contribution in [0.25, 0.3) is 11.0 Å². The lowest BCUT2D eigenvalue weighted by atomic mass is 10.1. The lowest BCUT2D eigenvalue weighted by molar-refractivity contribution is 0.102. The van der Waals surface area contributed by atoms with Crippen molar-refractivity contribution >= 4 is 39.2 Å². The van der Waals surface area contributed by atoms with E-state index in [9.17, 15) is 4.79 Å². The molecule has 0 aliphatic carbocycles. The van der Waals surface area contributed by atoms with Crippen molar-refractivity contribution in [3.05, 3.63) is 63.8 Å². The number of rotatable bonds is 2. The maximum atomic E-state index is 12.5. The van der Waals surface area contributed by atoms with Crippen LogP contribution in [0.2, 0.25) is 0 Å². The molecule has 0 fully saturated rings. The summed E-state index contributed by atoms with van der Waals surface area (Å²) in [5.41, 5.74) is 10.3. The summed E-state index contributed by atoms with van der Waals surface area (Å²) in [5.74, 6) is 5.98. The number of nitrogens with two attached hydrogens (primary N) is 1. The quantitative estimate of drug-likeness (QED) is 0.483. The number of pyridine rings is 2. The van der Waals surface area contributed by atoms with Crippen LogP contribution in [-0.2, 0) is 0 Å². The third kappa shape index (κ3) is 3.94. The van der Waals surface area contributed by atoms with Crippen molar-refractivity contribution in [2.75, 3.05) is 11.1 Å². The van der Waals surface area contributed by atoms with Crippen LogP contribution in [0, 0.1) is 32.6 Å². The molecule has 0 aliphatic heterocycles. The predicted octanol–water partition coefficient (Wildman–Crippen LogP) is 3.04. The van der Waals surface area contributed by atoms with Gasteiger partial charge in [0.1, 0.15) is 16.9 Å². The molecular weight excluding hydrogens is 398 g/mol. The first-order chi connectivity index (χ1) is 14.4. The van der Waals surface area contributed by atoms with Crippen LogP contribution >= 0.6 is 11.3 Å². The summed E-state index contributed by atoms with van der Waals surface area (Å²) < 4.78 is 0. The molecule has 0 aromatic carbocycles. The minimum atomic E-state index is -0.302. The molecule has 0 radical (unpaired) electrons. The van der Waals surface area contributed by atoms with Gasteiger partial charge < -0.3 is 5.73 Å². The van der Waals surface area contributed by atoms with E-state index in [4.69, 9.17) is 5.73 Å². The van der Waals surface area contributed by atoms with Crippen molar-refractivity contribution in [2.45, 2.75) is 20.8 Å². The van der Waals surface area contributed by atoms with Crippen molar-refractivity contribution < 1.29 is 4.79 Å². The Morgan fingerprint density at radius 2 is 1.83 bits per heavy atom. The number of nitrogen functional groups attached to an aromatic ring is 1. The number of aromatic nitrogens is 5. The summed E-state index contributed by atoms with van der Waals surface area (Å²) in [7, 11) is 0. The molecule has 4 rings (SSSR count). The molecule has 0 saturated heterocycles. The number of anilines is 2. The normalized spacial score (nSPS) is 10.5. The number of nitrogens with one attached hydrogen (secondary N) is 1. The van der Waals surface area contributed by atoms with Gasteiger partial charge >= 0.3 is 0 Å². The zero-order chi connectivity index (χ0) is 21.3. The molecule has 0 bridgehead atoms. The zero-order valence-corrected chi connectivity index (χ0v) is 17.3. The van der Waals surface area contributed by atoms with Gasteiger partial charge in [-0.1, -0.05) is 11.8 Å². The Morgan fingerprint density at radius 3 is 2.60 bits per heavy atom. The van der Waals surface area contributed by atoms with Crippen molar-refractivity contribution in [2.24, 2.45) is 0 Å². The Bertz CT molecular complexity index is 1350. The summed E-state index contributed by atoms with van der Waals surface area (Å²) >= 11 is 1.40. The maximum absolute atomic E-state index is 12.5. The summed E-state index contributed by atoms with van der Waals surface area (Å²) in [6.45, 7) is 5.69. The van der Waals surface area contributed by atoms with Crippen molar-refractivity contribution in [1.82, 2.24) is 24.9 Å².